The van der Waals surface area contributed by atoms with Crippen LogP contribution in [0.1, 0.15) is 19.8 Å². The second kappa shape index (κ2) is 16.2. The van der Waals surface area contributed by atoms with Gasteiger partial charge in [-0.2, -0.15) is 0 Å². The van der Waals surface area contributed by atoms with Gasteiger partial charge in [-0.1, -0.05) is 0 Å². The molecule has 0 aromatic heterocycles. The van der Waals surface area contributed by atoms with Crippen LogP contribution in [0.2, 0.25) is 0 Å². The fourth-order valence-corrected chi connectivity index (χ4v) is 0.395. The topological polar surface area (TPSA) is 29.5 Å². The van der Waals surface area contributed by atoms with E-state index in [1.807, 2.05) is 6.92 Å². The lowest BCUT2D eigenvalue weighted by Crippen LogP contribution is -1.81. The third-order valence-corrected chi connectivity index (χ3v) is 1.68. The van der Waals surface area contributed by atoms with E-state index in [-0.39, 0.29) is 6.61 Å². The summed E-state index contributed by atoms with van der Waals surface area (Å²) in [5.41, 5.74) is 0. The fraction of sp³-hybridized carbons (Fsp3) is 1.00. The Morgan fingerprint density at radius 2 is 2.00 bits per heavy atom. The second-order valence-corrected chi connectivity index (χ2v) is 2.65. The lowest BCUT2D eigenvalue weighted by atomic mass is 10.4. The van der Waals surface area contributed by atoms with Gasteiger partial charge in [-0.25, -0.2) is 0 Å². The van der Waals surface area contributed by atoms with Gasteiger partial charge in [-0.15, -0.1) is 11.6 Å². The van der Waals surface area contributed by atoms with Crippen molar-refractivity contribution in [2.24, 2.45) is 0 Å². The first-order valence-electron chi connectivity index (χ1n) is 3.49. The normalized spacial score (nSPS) is 8.70. The molecular formula is C6H17ClO2Si. The molecule has 0 amide bonds. The number of aliphatic hydroxyl groups is 1. The minimum atomic E-state index is 0.271. The van der Waals surface area contributed by atoms with Gasteiger partial charge in [0.25, 0.3) is 0 Å². The van der Waals surface area contributed by atoms with Gasteiger partial charge in [-0.05, 0) is 19.8 Å². The zero-order valence-corrected chi connectivity index (χ0v) is 9.52. The van der Waals surface area contributed by atoms with Crippen molar-refractivity contribution in [3.05, 3.63) is 0 Å². The molecule has 0 aliphatic heterocycles. The summed E-state index contributed by atoms with van der Waals surface area (Å²) in [6.45, 7) is 3.14. The average Bonchev–Trinajstić information content (AvgIpc) is 2.01. The number of aliphatic hydroxyl groups excluding tert-OH is 1. The highest BCUT2D eigenvalue weighted by Crippen LogP contribution is 1.87. The van der Waals surface area contributed by atoms with Crippen molar-refractivity contribution < 1.29 is 9.53 Å². The average molecular weight is 185 g/mol. The van der Waals surface area contributed by atoms with Crippen molar-refractivity contribution in [2.45, 2.75) is 19.8 Å². The van der Waals surface area contributed by atoms with E-state index in [0.717, 1.165) is 29.9 Å². The maximum atomic E-state index is 8.14. The predicted molar refractivity (Wildman–Crippen MR) is 48.6 cm³/mol. The van der Waals surface area contributed by atoms with Crippen molar-refractivity contribution in [1.82, 2.24) is 0 Å². The Labute approximate surface area is 71.1 Å². The molecule has 0 atom stereocenters. The van der Waals surface area contributed by atoms with Crippen LogP contribution in [0.15, 0.2) is 0 Å². The van der Waals surface area contributed by atoms with Crippen molar-refractivity contribution in [3.63, 3.8) is 0 Å². The van der Waals surface area contributed by atoms with Crippen LogP contribution in [-0.2, 0) is 4.43 Å². The number of hydrogen-bond acceptors (Lipinski definition) is 2. The first-order chi connectivity index (χ1) is 4.83. The highest BCUT2D eigenvalue weighted by molar-refractivity contribution is 6.17. The van der Waals surface area contributed by atoms with Gasteiger partial charge in [0.05, 0.1) is 0 Å². The molecule has 0 spiro atoms. The highest BCUT2D eigenvalue weighted by atomic mass is 35.5. The molecule has 0 bridgehead atoms. The quantitative estimate of drug-likeness (QED) is 0.387. The van der Waals surface area contributed by atoms with E-state index < -0.39 is 0 Å². The summed E-state index contributed by atoms with van der Waals surface area (Å²) in [5.74, 6) is 0.667. The smallest absolute Gasteiger partial charge is 0.145 e. The molecule has 0 saturated heterocycles. The van der Waals surface area contributed by atoms with Crippen LogP contribution < -0.4 is 0 Å². The third kappa shape index (κ3) is 23.7. The zero-order valence-electron chi connectivity index (χ0n) is 6.77. The summed E-state index contributed by atoms with van der Waals surface area (Å²) >= 11 is 5.27. The Kier molecular flexibility index (Phi) is 21.1. The molecule has 0 radical (unpaired) electrons. The molecule has 0 aliphatic rings. The van der Waals surface area contributed by atoms with Gasteiger partial charge in [0.2, 0.25) is 0 Å². The van der Waals surface area contributed by atoms with Gasteiger partial charge in [0, 0.05) is 19.1 Å². The maximum Gasteiger partial charge on any atom is 0.145 e. The predicted octanol–water partition coefficient (Wildman–Crippen LogP) is 0.301. The Bertz CT molecular complexity index is 40.7. The van der Waals surface area contributed by atoms with Crippen LogP contribution in [0.4, 0.5) is 0 Å². The second-order valence-electron chi connectivity index (χ2n) is 1.70. The van der Waals surface area contributed by atoms with Crippen molar-refractivity contribution >= 4 is 22.1 Å². The van der Waals surface area contributed by atoms with E-state index in [4.69, 9.17) is 16.7 Å². The van der Waals surface area contributed by atoms with Crippen LogP contribution in [0.25, 0.3) is 0 Å². The van der Waals surface area contributed by atoms with Crippen LogP contribution in [0.5, 0.6) is 0 Å². The largest absolute Gasteiger partial charge is 0.428 e. The van der Waals surface area contributed by atoms with E-state index in [2.05, 4.69) is 4.43 Å². The molecular weight excluding hydrogens is 168 g/mol. The maximum absolute atomic E-state index is 8.14. The molecule has 0 unspecified atom stereocenters. The van der Waals surface area contributed by atoms with Crippen LogP contribution >= 0.6 is 11.6 Å². The Balaban J connectivity index is 0. The van der Waals surface area contributed by atoms with Gasteiger partial charge >= 0.3 is 0 Å². The monoisotopic (exact) mass is 184 g/mol. The lowest BCUT2D eigenvalue weighted by Gasteiger charge is -1.84. The molecule has 0 heterocycles. The minimum absolute atomic E-state index is 0.271. The van der Waals surface area contributed by atoms with E-state index in [1.165, 1.54) is 0 Å². The van der Waals surface area contributed by atoms with E-state index in [1.54, 1.807) is 0 Å². The summed E-state index contributed by atoms with van der Waals surface area (Å²) in [4.78, 5) is 0. The molecule has 0 fully saturated rings. The number of halogens is 1. The highest BCUT2D eigenvalue weighted by Gasteiger charge is 1.77. The third-order valence-electron chi connectivity index (χ3n) is 0.830. The van der Waals surface area contributed by atoms with Gasteiger partial charge < -0.3 is 9.53 Å². The van der Waals surface area contributed by atoms with Gasteiger partial charge in [0.15, 0.2) is 0 Å². The summed E-state index contributed by atoms with van der Waals surface area (Å²) in [6.07, 6.45) is 1.77. The molecule has 4 heteroatoms. The van der Waals surface area contributed by atoms with Crippen LogP contribution in [0, 0.1) is 0 Å². The summed E-state index contributed by atoms with van der Waals surface area (Å²) in [6, 6.07) is 0. The first kappa shape index (κ1) is 13.0. The van der Waals surface area contributed by atoms with Crippen molar-refractivity contribution in [2.75, 3.05) is 19.1 Å². The molecule has 1 N–H and O–H groups in total. The summed E-state index contributed by atoms with van der Waals surface area (Å²) < 4.78 is 4.68. The van der Waals surface area contributed by atoms with Crippen molar-refractivity contribution in [3.8, 4) is 0 Å². The SMILES string of the molecule is CCO[SiH3].OCCCCCl. The summed E-state index contributed by atoms with van der Waals surface area (Å²) in [7, 11) is 0.890. The summed E-state index contributed by atoms with van der Waals surface area (Å²) in [5, 5.41) is 8.14. The minimum Gasteiger partial charge on any atom is -0.428 e. The van der Waals surface area contributed by atoms with E-state index >= 15 is 0 Å². The first-order valence-corrected chi connectivity index (χ1v) is 4.84. The zero-order chi connectivity index (χ0) is 8.24. The van der Waals surface area contributed by atoms with Gasteiger partial charge in [-0.3, -0.25) is 0 Å². The van der Waals surface area contributed by atoms with Crippen molar-refractivity contribution in [1.29, 1.82) is 0 Å². The molecule has 0 aliphatic carbocycles. The molecule has 0 aromatic carbocycles. The Hall–Kier alpha value is 0.427. The lowest BCUT2D eigenvalue weighted by molar-refractivity contribution is 0.287. The Morgan fingerprint density at radius 1 is 1.50 bits per heavy atom. The molecule has 0 saturated carbocycles. The molecule has 64 valence electrons. The standard InChI is InChI=1S/C4H9ClO.C2H8OSi/c5-3-1-2-4-6;1-2-3-4/h6H,1-4H2;2H2,1,4H3. The van der Waals surface area contributed by atoms with Gasteiger partial charge in [0.1, 0.15) is 10.5 Å². The molecule has 0 rings (SSSR count). The number of unbranched alkanes of at least 4 members (excludes halogenated alkanes) is 1. The number of rotatable bonds is 4. The van der Waals surface area contributed by atoms with Crippen LogP contribution in [-0.4, -0.2) is 34.7 Å². The number of alkyl halides is 1. The van der Waals surface area contributed by atoms with E-state index in [0.29, 0.717) is 5.88 Å². The number of hydrogen-bond donors (Lipinski definition) is 1. The fourth-order valence-electron chi connectivity index (χ4n) is 0.206. The van der Waals surface area contributed by atoms with E-state index in [9.17, 15) is 0 Å². The molecule has 2 nitrogen and oxygen atoms in total. The Morgan fingerprint density at radius 3 is 2.10 bits per heavy atom. The molecule has 0 aromatic rings. The molecule has 10 heavy (non-hydrogen) atoms. The van der Waals surface area contributed by atoms with Crippen LogP contribution in [0.3, 0.4) is 0 Å².